The molecule has 1 amide bonds. The van der Waals surface area contributed by atoms with Gasteiger partial charge in [0.2, 0.25) is 5.91 Å². The fourth-order valence-corrected chi connectivity index (χ4v) is 1.57. The Bertz CT molecular complexity index is 347. The molecule has 1 aromatic rings. The molecule has 0 aliphatic rings. The van der Waals surface area contributed by atoms with E-state index in [9.17, 15) is 4.79 Å². The van der Waals surface area contributed by atoms with Crippen molar-refractivity contribution in [1.82, 2.24) is 4.90 Å². The lowest BCUT2D eigenvalue weighted by atomic mass is 10.0. The zero-order chi connectivity index (χ0) is 12.1. The minimum absolute atomic E-state index is 0.0991. The Morgan fingerprint density at radius 3 is 2.38 bits per heavy atom. The van der Waals surface area contributed by atoms with E-state index >= 15 is 0 Å². The predicted molar refractivity (Wildman–Crippen MR) is 63.1 cm³/mol. The van der Waals surface area contributed by atoms with Crippen molar-refractivity contribution in [2.75, 3.05) is 14.1 Å². The Balaban J connectivity index is 2.67. The largest absolute Gasteiger partial charge is 0.508 e. The molecule has 0 radical (unpaired) electrons. The van der Waals surface area contributed by atoms with Crippen LogP contribution in [-0.4, -0.2) is 36.1 Å². The summed E-state index contributed by atoms with van der Waals surface area (Å²) in [5.41, 5.74) is 6.28. The summed E-state index contributed by atoms with van der Waals surface area (Å²) in [6.07, 6.45) is 1.09. The van der Waals surface area contributed by atoms with Crippen LogP contribution in [-0.2, 0) is 11.2 Å². The zero-order valence-corrected chi connectivity index (χ0v) is 9.68. The maximum atomic E-state index is 10.9. The van der Waals surface area contributed by atoms with Gasteiger partial charge in [-0.2, -0.15) is 0 Å². The van der Waals surface area contributed by atoms with Crippen LogP contribution >= 0.6 is 0 Å². The fourth-order valence-electron chi connectivity index (χ4n) is 1.57. The van der Waals surface area contributed by atoms with E-state index in [0.29, 0.717) is 6.42 Å². The number of primary amides is 1. The molecule has 0 aromatic heterocycles. The SMILES string of the molecule is CN(C)C(CC(N)=O)Cc1ccc(O)cc1. The summed E-state index contributed by atoms with van der Waals surface area (Å²) in [5.74, 6) is -0.0440. The molecule has 1 aromatic carbocycles. The summed E-state index contributed by atoms with van der Waals surface area (Å²) >= 11 is 0. The fraction of sp³-hybridized carbons (Fsp3) is 0.417. The summed E-state index contributed by atoms with van der Waals surface area (Å²) in [6.45, 7) is 0. The van der Waals surface area contributed by atoms with Crippen LogP contribution in [0.15, 0.2) is 24.3 Å². The number of carbonyl (C=O) groups is 1. The number of nitrogens with zero attached hydrogens (tertiary/aromatic N) is 1. The number of nitrogens with two attached hydrogens (primary N) is 1. The minimum Gasteiger partial charge on any atom is -0.508 e. The lowest BCUT2D eigenvalue weighted by Crippen LogP contribution is -2.34. The first-order valence-electron chi connectivity index (χ1n) is 5.21. The number of phenols is 1. The van der Waals surface area contributed by atoms with Crippen LogP contribution in [0.5, 0.6) is 5.75 Å². The number of likely N-dealkylation sites (N-methyl/N-ethyl adjacent to an activating group) is 1. The van der Waals surface area contributed by atoms with Crippen LogP contribution in [0.25, 0.3) is 0 Å². The van der Waals surface area contributed by atoms with E-state index < -0.39 is 0 Å². The van der Waals surface area contributed by atoms with Gasteiger partial charge >= 0.3 is 0 Å². The third kappa shape index (κ3) is 3.90. The van der Waals surface area contributed by atoms with Crippen molar-refractivity contribution in [3.05, 3.63) is 29.8 Å². The number of aromatic hydroxyl groups is 1. The van der Waals surface area contributed by atoms with Gasteiger partial charge in [0, 0.05) is 12.5 Å². The molecule has 3 N–H and O–H groups in total. The topological polar surface area (TPSA) is 66.6 Å². The summed E-state index contributed by atoms with van der Waals surface area (Å²) in [6, 6.07) is 7.10. The van der Waals surface area contributed by atoms with Gasteiger partial charge < -0.3 is 15.7 Å². The molecule has 0 fully saturated rings. The van der Waals surface area contributed by atoms with Gasteiger partial charge in [0.15, 0.2) is 0 Å². The van der Waals surface area contributed by atoms with Crippen molar-refractivity contribution in [2.24, 2.45) is 5.73 Å². The van der Waals surface area contributed by atoms with Crippen molar-refractivity contribution in [3.63, 3.8) is 0 Å². The van der Waals surface area contributed by atoms with Gasteiger partial charge in [0.1, 0.15) is 5.75 Å². The highest BCUT2D eigenvalue weighted by molar-refractivity contribution is 5.74. The summed E-state index contributed by atoms with van der Waals surface area (Å²) in [5, 5.41) is 9.16. The Hall–Kier alpha value is -1.55. The van der Waals surface area contributed by atoms with E-state index in [-0.39, 0.29) is 17.7 Å². The maximum Gasteiger partial charge on any atom is 0.219 e. The molecule has 88 valence electrons. The second-order valence-corrected chi connectivity index (χ2v) is 4.16. The van der Waals surface area contributed by atoms with Crippen LogP contribution in [0.3, 0.4) is 0 Å². The third-order valence-corrected chi connectivity index (χ3v) is 2.57. The molecule has 0 saturated carbocycles. The van der Waals surface area contributed by atoms with E-state index in [1.165, 1.54) is 0 Å². The first-order valence-corrected chi connectivity index (χ1v) is 5.21. The molecule has 4 nitrogen and oxygen atoms in total. The summed E-state index contributed by atoms with van der Waals surface area (Å²) < 4.78 is 0. The van der Waals surface area contributed by atoms with E-state index in [2.05, 4.69) is 0 Å². The van der Waals surface area contributed by atoms with Crippen molar-refractivity contribution >= 4 is 5.91 Å². The number of phenolic OH excluding ortho intramolecular Hbond substituents is 1. The maximum absolute atomic E-state index is 10.9. The van der Waals surface area contributed by atoms with Crippen LogP contribution in [0.2, 0.25) is 0 Å². The van der Waals surface area contributed by atoms with Gasteiger partial charge in [-0.25, -0.2) is 0 Å². The first kappa shape index (κ1) is 12.5. The Morgan fingerprint density at radius 1 is 1.38 bits per heavy atom. The monoisotopic (exact) mass is 222 g/mol. The second kappa shape index (κ2) is 5.51. The average Bonchev–Trinajstić information content (AvgIpc) is 2.19. The second-order valence-electron chi connectivity index (χ2n) is 4.16. The quantitative estimate of drug-likeness (QED) is 0.772. The molecule has 4 heteroatoms. The van der Waals surface area contributed by atoms with E-state index in [4.69, 9.17) is 10.8 Å². The minimum atomic E-state index is -0.294. The van der Waals surface area contributed by atoms with Gasteiger partial charge in [-0.15, -0.1) is 0 Å². The van der Waals surface area contributed by atoms with Gasteiger partial charge in [-0.3, -0.25) is 4.79 Å². The molecule has 0 bridgehead atoms. The third-order valence-electron chi connectivity index (χ3n) is 2.57. The van der Waals surface area contributed by atoms with Crippen molar-refractivity contribution in [3.8, 4) is 5.75 Å². The normalized spacial score (nSPS) is 12.7. The van der Waals surface area contributed by atoms with E-state index in [0.717, 1.165) is 12.0 Å². The number of benzene rings is 1. The summed E-state index contributed by atoms with van der Waals surface area (Å²) in [4.78, 5) is 12.9. The van der Waals surface area contributed by atoms with E-state index in [1.807, 2.05) is 31.1 Å². The smallest absolute Gasteiger partial charge is 0.219 e. The molecular formula is C12H18N2O2. The van der Waals surface area contributed by atoms with Gasteiger partial charge in [-0.1, -0.05) is 12.1 Å². The van der Waals surface area contributed by atoms with Gasteiger partial charge in [0.25, 0.3) is 0 Å². The molecule has 0 saturated heterocycles. The van der Waals surface area contributed by atoms with Gasteiger partial charge in [-0.05, 0) is 38.2 Å². The number of hydrogen-bond acceptors (Lipinski definition) is 3. The lowest BCUT2D eigenvalue weighted by molar-refractivity contribution is -0.119. The van der Waals surface area contributed by atoms with Gasteiger partial charge in [0.05, 0.1) is 0 Å². The predicted octanol–water partition coefficient (Wildman–Crippen LogP) is 0.740. The summed E-state index contributed by atoms with van der Waals surface area (Å²) in [7, 11) is 3.85. The number of carbonyl (C=O) groups excluding carboxylic acids is 1. The molecule has 0 spiro atoms. The molecule has 0 heterocycles. The average molecular weight is 222 g/mol. The lowest BCUT2D eigenvalue weighted by Gasteiger charge is -2.23. The number of amides is 1. The highest BCUT2D eigenvalue weighted by Crippen LogP contribution is 2.14. The highest BCUT2D eigenvalue weighted by Gasteiger charge is 2.14. The Kier molecular flexibility index (Phi) is 4.31. The first-order chi connectivity index (χ1) is 7.49. The standard InChI is InChI=1S/C12H18N2O2/c1-14(2)10(8-12(13)16)7-9-3-5-11(15)6-4-9/h3-6,10,15H,7-8H2,1-2H3,(H2,13,16). The van der Waals surface area contributed by atoms with Crippen molar-refractivity contribution in [1.29, 1.82) is 0 Å². The zero-order valence-electron chi connectivity index (χ0n) is 9.68. The van der Waals surface area contributed by atoms with Crippen molar-refractivity contribution < 1.29 is 9.90 Å². The number of rotatable bonds is 5. The molecule has 0 aliphatic carbocycles. The molecule has 1 unspecified atom stereocenters. The Morgan fingerprint density at radius 2 is 1.94 bits per heavy atom. The van der Waals surface area contributed by atoms with E-state index in [1.54, 1.807) is 12.1 Å². The Labute approximate surface area is 95.7 Å². The number of hydrogen-bond donors (Lipinski definition) is 2. The molecule has 16 heavy (non-hydrogen) atoms. The highest BCUT2D eigenvalue weighted by atomic mass is 16.3. The van der Waals surface area contributed by atoms with Crippen LogP contribution < -0.4 is 5.73 Å². The van der Waals surface area contributed by atoms with Crippen molar-refractivity contribution in [2.45, 2.75) is 18.9 Å². The van der Waals surface area contributed by atoms with Crippen LogP contribution in [0.1, 0.15) is 12.0 Å². The van der Waals surface area contributed by atoms with Crippen LogP contribution in [0.4, 0.5) is 0 Å². The molecule has 1 atom stereocenters. The molecular weight excluding hydrogens is 204 g/mol. The van der Waals surface area contributed by atoms with Crippen LogP contribution in [0, 0.1) is 0 Å². The molecule has 0 aliphatic heterocycles. The molecule has 1 rings (SSSR count).